The zero-order valence-corrected chi connectivity index (χ0v) is 5.20. The third-order valence-electron chi connectivity index (χ3n) is 1.45. The van der Waals surface area contributed by atoms with Gasteiger partial charge in [0.05, 0.1) is 6.04 Å². The molecule has 0 aromatic heterocycles. The maximum Gasteiger partial charge on any atom is 0.109 e. The highest BCUT2D eigenvalue weighted by molar-refractivity contribution is 5.76. The van der Waals surface area contributed by atoms with Crippen LogP contribution in [0.4, 0.5) is 0 Å². The standard InChI is InChI=1S/C6H10N2/c1-5-3-7-4-8-6(5)2/h3-6H,1-2H3/t5-,6-/m1/s1. The van der Waals surface area contributed by atoms with Crippen LogP contribution in [0, 0.1) is 5.92 Å². The molecule has 0 fully saturated rings. The van der Waals surface area contributed by atoms with E-state index in [1.807, 2.05) is 6.21 Å². The maximum atomic E-state index is 4.09. The molecule has 1 heterocycles. The number of aliphatic imine (C=N–C) groups is 2. The Morgan fingerprint density at radius 3 is 2.50 bits per heavy atom. The van der Waals surface area contributed by atoms with Gasteiger partial charge >= 0.3 is 0 Å². The van der Waals surface area contributed by atoms with Crippen molar-refractivity contribution in [2.45, 2.75) is 19.9 Å². The molecule has 2 atom stereocenters. The first kappa shape index (κ1) is 5.48. The van der Waals surface area contributed by atoms with Crippen molar-refractivity contribution in [3.05, 3.63) is 0 Å². The van der Waals surface area contributed by atoms with E-state index in [4.69, 9.17) is 0 Å². The smallest absolute Gasteiger partial charge is 0.109 e. The van der Waals surface area contributed by atoms with Gasteiger partial charge in [-0.25, -0.2) is 4.99 Å². The lowest BCUT2D eigenvalue weighted by Gasteiger charge is -2.12. The van der Waals surface area contributed by atoms with Crippen LogP contribution in [0.25, 0.3) is 0 Å². The van der Waals surface area contributed by atoms with E-state index < -0.39 is 0 Å². The summed E-state index contributed by atoms with van der Waals surface area (Å²) >= 11 is 0. The van der Waals surface area contributed by atoms with Gasteiger partial charge in [0, 0.05) is 12.1 Å². The fourth-order valence-electron chi connectivity index (χ4n) is 0.578. The van der Waals surface area contributed by atoms with Gasteiger partial charge in [-0.05, 0) is 6.92 Å². The van der Waals surface area contributed by atoms with Crippen molar-refractivity contribution in [1.29, 1.82) is 0 Å². The molecular weight excluding hydrogens is 100 g/mol. The Morgan fingerprint density at radius 2 is 2.12 bits per heavy atom. The lowest BCUT2D eigenvalue weighted by molar-refractivity contribution is 0.620. The summed E-state index contributed by atoms with van der Waals surface area (Å²) in [5, 5.41) is 0. The van der Waals surface area contributed by atoms with Gasteiger partial charge in [-0.1, -0.05) is 6.92 Å². The van der Waals surface area contributed by atoms with Gasteiger partial charge in [-0.3, -0.25) is 4.99 Å². The lowest BCUT2D eigenvalue weighted by Crippen LogP contribution is -2.15. The number of rotatable bonds is 0. The minimum atomic E-state index is 0.424. The molecule has 8 heavy (non-hydrogen) atoms. The summed E-state index contributed by atoms with van der Waals surface area (Å²) in [6.45, 7) is 4.21. The van der Waals surface area contributed by atoms with E-state index in [-0.39, 0.29) is 0 Å². The van der Waals surface area contributed by atoms with E-state index in [1.165, 1.54) is 0 Å². The van der Waals surface area contributed by atoms with Crippen molar-refractivity contribution in [2.24, 2.45) is 15.9 Å². The summed E-state index contributed by atoms with van der Waals surface area (Å²) in [7, 11) is 0. The van der Waals surface area contributed by atoms with Crippen LogP contribution in [0.15, 0.2) is 9.98 Å². The Kier molecular flexibility index (Phi) is 1.42. The van der Waals surface area contributed by atoms with E-state index in [0.717, 1.165) is 0 Å². The third-order valence-corrected chi connectivity index (χ3v) is 1.45. The van der Waals surface area contributed by atoms with Crippen LogP contribution in [0.1, 0.15) is 13.8 Å². The van der Waals surface area contributed by atoms with Crippen LogP contribution in [-0.4, -0.2) is 18.6 Å². The van der Waals surface area contributed by atoms with E-state index in [0.29, 0.717) is 12.0 Å². The first-order valence-corrected chi connectivity index (χ1v) is 2.85. The van der Waals surface area contributed by atoms with Gasteiger partial charge in [0.25, 0.3) is 0 Å². The van der Waals surface area contributed by atoms with Crippen molar-refractivity contribution in [3.63, 3.8) is 0 Å². The van der Waals surface area contributed by atoms with E-state index in [1.54, 1.807) is 6.34 Å². The average molecular weight is 110 g/mol. The quantitative estimate of drug-likeness (QED) is 0.446. The highest BCUT2D eigenvalue weighted by atomic mass is 14.9. The fourth-order valence-corrected chi connectivity index (χ4v) is 0.578. The molecule has 0 amide bonds. The van der Waals surface area contributed by atoms with Crippen molar-refractivity contribution in [3.8, 4) is 0 Å². The molecule has 0 radical (unpaired) electrons. The molecule has 0 N–H and O–H groups in total. The predicted molar refractivity (Wildman–Crippen MR) is 35.6 cm³/mol. The molecule has 0 saturated carbocycles. The van der Waals surface area contributed by atoms with Gasteiger partial charge in [0.2, 0.25) is 0 Å². The Labute approximate surface area is 49.3 Å². The predicted octanol–water partition coefficient (Wildman–Crippen LogP) is 1.12. The molecule has 0 bridgehead atoms. The molecule has 0 aromatic carbocycles. The number of nitrogens with zero attached hydrogens (tertiary/aromatic N) is 2. The molecule has 0 aliphatic carbocycles. The fraction of sp³-hybridized carbons (Fsp3) is 0.667. The summed E-state index contributed by atoms with van der Waals surface area (Å²) < 4.78 is 0. The first-order valence-electron chi connectivity index (χ1n) is 2.85. The molecule has 1 aliphatic heterocycles. The van der Waals surface area contributed by atoms with Crippen LogP contribution in [0.3, 0.4) is 0 Å². The molecule has 1 rings (SSSR count). The Hall–Kier alpha value is -0.660. The van der Waals surface area contributed by atoms with Crippen LogP contribution in [-0.2, 0) is 0 Å². The van der Waals surface area contributed by atoms with E-state index in [9.17, 15) is 0 Å². The molecule has 0 spiro atoms. The van der Waals surface area contributed by atoms with Crippen LogP contribution in [0.2, 0.25) is 0 Å². The molecule has 2 heteroatoms. The number of hydrogen-bond donors (Lipinski definition) is 0. The average Bonchev–Trinajstić information content (AvgIpc) is 1.77. The van der Waals surface area contributed by atoms with E-state index in [2.05, 4.69) is 23.8 Å². The lowest BCUT2D eigenvalue weighted by atomic mass is 10.1. The highest BCUT2D eigenvalue weighted by Gasteiger charge is 2.08. The minimum Gasteiger partial charge on any atom is -0.270 e. The monoisotopic (exact) mass is 110 g/mol. The zero-order valence-electron chi connectivity index (χ0n) is 5.20. The molecule has 0 unspecified atom stereocenters. The summed E-state index contributed by atoms with van der Waals surface area (Å²) in [4.78, 5) is 7.98. The van der Waals surface area contributed by atoms with E-state index >= 15 is 0 Å². The van der Waals surface area contributed by atoms with Crippen molar-refractivity contribution >= 4 is 12.6 Å². The first-order chi connectivity index (χ1) is 3.80. The Balaban J connectivity index is 2.59. The summed E-state index contributed by atoms with van der Waals surface area (Å²) in [5.74, 6) is 0.514. The van der Waals surface area contributed by atoms with Gasteiger partial charge < -0.3 is 0 Å². The summed E-state index contributed by atoms with van der Waals surface area (Å²) in [6, 6.07) is 0.424. The molecule has 44 valence electrons. The van der Waals surface area contributed by atoms with Crippen molar-refractivity contribution in [1.82, 2.24) is 0 Å². The van der Waals surface area contributed by atoms with Gasteiger partial charge in [0.15, 0.2) is 0 Å². The molecule has 0 saturated heterocycles. The number of hydrogen-bond acceptors (Lipinski definition) is 2. The normalized spacial score (nSPS) is 35.8. The van der Waals surface area contributed by atoms with Crippen LogP contribution in [0.5, 0.6) is 0 Å². The Bertz CT molecular complexity index is 110. The molecule has 0 aromatic rings. The minimum absolute atomic E-state index is 0.424. The van der Waals surface area contributed by atoms with Crippen molar-refractivity contribution in [2.75, 3.05) is 0 Å². The second kappa shape index (κ2) is 2.07. The second-order valence-electron chi connectivity index (χ2n) is 2.16. The molecular formula is C6H10N2. The maximum absolute atomic E-state index is 4.09. The highest BCUT2D eigenvalue weighted by Crippen LogP contribution is 2.05. The summed E-state index contributed by atoms with van der Waals surface area (Å²) in [5.41, 5.74) is 0. The Morgan fingerprint density at radius 1 is 1.38 bits per heavy atom. The van der Waals surface area contributed by atoms with Crippen molar-refractivity contribution < 1.29 is 0 Å². The second-order valence-corrected chi connectivity index (χ2v) is 2.16. The third kappa shape index (κ3) is 0.941. The van der Waals surface area contributed by atoms with Gasteiger partial charge in [0.1, 0.15) is 6.34 Å². The largest absolute Gasteiger partial charge is 0.270 e. The topological polar surface area (TPSA) is 24.7 Å². The SMILES string of the molecule is C[C@@H]1C=NC=N[C@@H]1C. The summed E-state index contributed by atoms with van der Waals surface area (Å²) in [6.07, 6.45) is 3.54. The van der Waals surface area contributed by atoms with Gasteiger partial charge in [-0.15, -0.1) is 0 Å². The van der Waals surface area contributed by atoms with Crippen LogP contribution >= 0.6 is 0 Å². The molecule has 1 aliphatic rings. The molecule has 2 nitrogen and oxygen atoms in total. The van der Waals surface area contributed by atoms with Gasteiger partial charge in [-0.2, -0.15) is 0 Å². The van der Waals surface area contributed by atoms with Crippen LogP contribution < -0.4 is 0 Å². The zero-order chi connectivity index (χ0) is 5.98.